The number of hydrogen-bond acceptors (Lipinski definition) is 5. The molecule has 0 unspecified atom stereocenters. The molecule has 0 saturated carbocycles. The van der Waals surface area contributed by atoms with Gasteiger partial charge >= 0.3 is 11.9 Å². The van der Waals surface area contributed by atoms with Crippen LogP contribution in [0.4, 0.5) is 0 Å². The van der Waals surface area contributed by atoms with E-state index in [-0.39, 0.29) is 12.5 Å². The Kier molecular flexibility index (Phi) is 5.21. The van der Waals surface area contributed by atoms with E-state index in [1.807, 2.05) is 30.3 Å². The number of rotatable bonds is 4. The molecule has 5 heteroatoms. The summed E-state index contributed by atoms with van der Waals surface area (Å²) in [5.74, 6) is -1.25. The fourth-order valence-electron chi connectivity index (χ4n) is 2.78. The lowest BCUT2D eigenvalue weighted by molar-refractivity contribution is -0.141. The third-order valence-electron chi connectivity index (χ3n) is 3.89. The van der Waals surface area contributed by atoms with Crippen molar-refractivity contribution in [1.29, 1.82) is 0 Å². The number of ether oxygens (including phenoxy) is 2. The maximum absolute atomic E-state index is 12.5. The number of benzene rings is 1. The molecule has 1 atom stereocenters. The number of carbonyl (C=O) groups is 2. The molecule has 1 heterocycles. The third-order valence-corrected chi connectivity index (χ3v) is 3.89. The summed E-state index contributed by atoms with van der Waals surface area (Å²) < 4.78 is 10.2. The Hall–Kier alpha value is -2.56. The van der Waals surface area contributed by atoms with Gasteiger partial charge in [0.25, 0.3) is 0 Å². The fraction of sp³-hybridized carbons (Fsp3) is 0.333. The summed E-state index contributed by atoms with van der Waals surface area (Å²) in [6, 6.07) is 9.46. The molecule has 0 fully saturated rings. The maximum atomic E-state index is 12.5. The SMILES string of the molecule is COC(=O)C1=C(C)NC(C)=C(C(=O)OCc2ccccc2)[C@@H]1C. The first-order valence-corrected chi connectivity index (χ1v) is 7.43. The summed E-state index contributed by atoms with van der Waals surface area (Å²) in [6.45, 7) is 5.59. The van der Waals surface area contributed by atoms with Crippen LogP contribution in [0.25, 0.3) is 0 Å². The van der Waals surface area contributed by atoms with Gasteiger partial charge in [-0.3, -0.25) is 0 Å². The summed E-state index contributed by atoms with van der Waals surface area (Å²) in [5.41, 5.74) is 3.20. The third kappa shape index (κ3) is 3.62. The van der Waals surface area contributed by atoms with E-state index in [9.17, 15) is 9.59 Å². The van der Waals surface area contributed by atoms with Crippen LogP contribution in [0.15, 0.2) is 52.9 Å². The van der Waals surface area contributed by atoms with Gasteiger partial charge in [0.2, 0.25) is 0 Å². The Morgan fingerprint density at radius 3 is 2.17 bits per heavy atom. The van der Waals surface area contributed by atoms with Crippen LogP contribution >= 0.6 is 0 Å². The highest BCUT2D eigenvalue weighted by Gasteiger charge is 2.33. The Morgan fingerprint density at radius 2 is 1.61 bits per heavy atom. The van der Waals surface area contributed by atoms with Crippen molar-refractivity contribution in [3.63, 3.8) is 0 Å². The largest absolute Gasteiger partial charge is 0.466 e. The van der Waals surface area contributed by atoms with Crippen LogP contribution in [0.1, 0.15) is 26.3 Å². The van der Waals surface area contributed by atoms with Crippen molar-refractivity contribution < 1.29 is 19.1 Å². The molecule has 23 heavy (non-hydrogen) atoms. The quantitative estimate of drug-likeness (QED) is 0.866. The average molecular weight is 315 g/mol. The second-order valence-corrected chi connectivity index (χ2v) is 5.48. The van der Waals surface area contributed by atoms with Gasteiger partial charge in [0, 0.05) is 17.3 Å². The monoisotopic (exact) mass is 315 g/mol. The molecule has 0 aromatic heterocycles. The number of hydrogen-bond donors (Lipinski definition) is 1. The van der Waals surface area contributed by atoms with Crippen molar-refractivity contribution >= 4 is 11.9 Å². The minimum absolute atomic E-state index is 0.194. The van der Waals surface area contributed by atoms with Crippen LogP contribution in [-0.2, 0) is 25.7 Å². The Labute approximate surface area is 136 Å². The second kappa shape index (κ2) is 7.13. The number of allylic oxidation sites excluding steroid dienone is 2. The molecule has 1 aromatic rings. The van der Waals surface area contributed by atoms with E-state index < -0.39 is 11.9 Å². The molecular formula is C18H21NO4. The van der Waals surface area contributed by atoms with Gasteiger partial charge in [0.15, 0.2) is 0 Å². The highest BCUT2D eigenvalue weighted by Crippen LogP contribution is 2.30. The lowest BCUT2D eigenvalue weighted by atomic mass is 9.87. The lowest BCUT2D eigenvalue weighted by Crippen LogP contribution is -2.32. The van der Waals surface area contributed by atoms with Gasteiger partial charge in [-0.15, -0.1) is 0 Å². The molecule has 1 aliphatic heterocycles. The molecule has 1 aliphatic rings. The summed E-state index contributed by atoms with van der Waals surface area (Å²) in [4.78, 5) is 24.4. The number of carbonyl (C=O) groups excluding carboxylic acids is 2. The zero-order chi connectivity index (χ0) is 17.0. The van der Waals surface area contributed by atoms with E-state index in [2.05, 4.69) is 5.32 Å². The molecule has 0 saturated heterocycles. The predicted octanol–water partition coefficient (Wildman–Crippen LogP) is 2.69. The van der Waals surface area contributed by atoms with E-state index in [0.717, 1.165) is 5.56 Å². The molecule has 1 aromatic carbocycles. The van der Waals surface area contributed by atoms with Gasteiger partial charge < -0.3 is 14.8 Å². The summed E-state index contributed by atoms with van der Waals surface area (Å²) in [7, 11) is 1.33. The number of nitrogens with one attached hydrogen (secondary N) is 1. The van der Waals surface area contributed by atoms with Crippen molar-refractivity contribution in [1.82, 2.24) is 5.32 Å². The summed E-state index contributed by atoms with van der Waals surface area (Å²) >= 11 is 0. The Balaban J connectivity index is 2.16. The van der Waals surface area contributed by atoms with Crippen LogP contribution in [0.3, 0.4) is 0 Å². The Bertz CT molecular complexity index is 674. The minimum atomic E-state index is -0.441. The van der Waals surface area contributed by atoms with Crippen molar-refractivity contribution in [3.8, 4) is 0 Å². The van der Waals surface area contributed by atoms with Crippen LogP contribution in [-0.4, -0.2) is 19.0 Å². The van der Waals surface area contributed by atoms with E-state index >= 15 is 0 Å². The first kappa shape index (κ1) is 16.8. The van der Waals surface area contributed by atoms with Gasteiger partial charge in [-0.1, -0.05) is 37.3 Å². The van der Waals surface area contributed by atoms with Crippen LogP contribution < -0.4 is 5.32 Å². The van der Waals surface area contributed by atoms with Crippen LogP contribution in [0.5, 0.6) is 0 Å². The van der Waals surface area contributed by atoms with E-state index in [1.54, 1.807) is 20.8 Å². The van der Waals surface area contributed by atoms with Crippen molar-refractivity contribution in [2.45, 2.75) is 27.4 Å². The molecular weight excluding hydrogens is 294 g/mol. The normalized spacial score (nSPS) is 17.7. The molecule has 2 rings (SSSR count). The van der Waals surface area contributed by atoms with Crippen LogP contribution in [0.2, 0.25) is 0 Å². The Morgan fingerprint density at radius 1 is 1.04 bits per heavy atom. The molecule has 122 valence electrons. The predicted molar refractivity (Wildman–Crippen MR) is 86.0 cm³/mol. The standard InChI is InChI=1S/C18H21NO4/c1-11-15(17(20)22-4)12(2)19-13(3)16(11)18(21)23-10-14-8-6-5-7-9-14/h5-9,11,19H,10H2,1-4H3/t11-/m1/s1. The van der Waals surface area contributed by atoms with E-state index in [0.29, 0.717) is 22.5 Å². The number of esters is 2. The first-order chi connectivity index (χ1) is 11.0. The van der Waals surface area contributed by atoms with Gasteiger partial charge in [0.05, 0.1) is 18.3 Å². The highest BCUT2D eigenvalue weighted by atomic mass is 16.5. The molecule has 0 bridgehead atoms. The van der Waals surface area contributed by atoms with Crippen LogP contribution in [0, 0.1) is 5.92 Å². The molecule has 0 amide bonds. The average Bonchev–Trinajstić information content (AvgIpc) is 2.53. The smallest absolute Gasteiger partial charge is 0.336 e. The molecule has 5 nitrogen and oxygen atoms in total. The number of dihydropyridines is 1. The van der Waals surface area contributed by atoms with Gasteiger partial charge in [-0.25, -0.2) is 9.59 Å². The second-order valence-electron chi connectivity index (χ2n) is 5.48. The van der Waals surface area contributed by atoms with Crippen molar-refractivity contribution in [2.24, 2.45) is 5.92 Å². The van der Waals surface area contributed by atoms with Gasteiger partial charge in [0.1, 0.15) is 6.61 Å². The van der Waals surface area contributed by atoms with Crippen molar-refractivity contribution in [2.75, 3.05) is 7.11 Å². The molecule has 1 N–H and O–H groups in total. The van der Waals surface area contributed by atoms with Gasteiger partial charge in [-0.05, 0) is 19.4 Å². The minimum Gasteiger partial charge on any atom is -0.466 e. The maximum Gasteiger partial charge on any atom is 0.336 e. The summed E-state index contributed by atoms with van der Waals surface area (Å²) in [5, 5.41) is 3.06. The van der Waals surface area contributed by atoms with E-state index in [4.69, 9.17) is 9.47 Å². The highest BCUT2D eigenvalue weighted by molar-refractivity contribution is 5.97. The topological polar surface area (TPSA) is 64.6 Å². The molecule has 0 aliphatic carbocycles. The summed E-state index contributed by atoms with van der Waals surface area (Å²) in [6.07, 6.45) is 0. The van der Waals surface area contributed by atoms with Gasteiger partial charge in [-0.2, -0.15) is 0 Å². The zero-order valence-corrected chi connectivity index (χ0v) is 13.8. The molecule has 0 radical (unpaired) electrons. The molecule has 0 spiro atoms. The number of methoxy groups -OCH3 is 1. The first-order valence-electron chi connectivity index (χ1n) is 7.43. The van der Waals surface area contributed by atoms with Crippen molar-refractivity contribution in [3.05, 3.63) is 58.4 Å². The fourth-order valence-corrected chi connectivity index (χ4v) is 2.78. The zero-order valence-electron chi connectivity index (χ0n) is 13.8. The van der Waals surface area contributed by atoms with E-state index in [1.165, 1.54) is 7.11 Å². The lowest BCUT2D eigenvalue weighted by Gasteiger charge is -2.27.